The molecule has 4 heteroatoms. The van der Waals surface area contributed by atoms with Gasteiger partial charge in [-0.2, -0.15) is 0 Å². The molecule has 0 spiro atoms. The van der Waals surface area contributed by atoms with E-state index in [2.05, 4.69) is 17.0 Å². The highest BCUT2D eigenvalue weighted by Gasteiger charge is 2.19. The first-order valence-electron chi connectivity index (χ1n) is 6.28. The second kappa shape index (κ2) is 8.46. The minimum absolute atomic E-state index is 0.231. The normalized spacial score (nSPS) is 17.1. The molecule has 0 bridgehead atoms. The van der Waals surface area contributed by atoms with Crippen molar-refractivity contribution in [3.63, 3.8) is 0 Å². The maximum atomic E-state index is 12.2. The van der Waals surface area contributed by atoms with Crippen molar-refractivity contribution in [3.05, 3.63) is 34.9 Å². The lowest BCUT2D eigenvalue weighted by molar-refractivity contribution is 0.197. The molecule has 1 saturated heterocycles. The highest BCUT2D eigenvalue weighted by atomic mass is 35.5. The molecule has 1 aromatic rings. The molecule has 1 heterocycles. The molecule has 1 N–H and O–H groups in total. The van der Waals surface area contributed by atoms with Crippen LogP contribution >= 0.6 is 11.6 Å². The summed E-state index contributed by atoms with van der Waals surface area (Å²) in [6, 6.07) is 8.12. The number of rotatable bonds is 3. The van der Waals surface area contributed by atoms with Gasteiger partial charge in [-0.15, -0.1) is 0 Å². The Bertz CT molecular complexity index is 323. The Morgan fingerprint density at radius 2 is 1.78 bits per heavy atom. The van der Waals surface area contributed by atoms with Gasteiger partial charge in [-0.3, -0.25) is 0 Å². The molecule has 0 atom stereocenters. The highest BCUT2D eigenvalue weighted by Crippen LogP contribution is 2.28. The minimum atomic E-state index is -0.231. The molecule has 0 aliphatic carbocycles. The predicted molar refractivity (Wildman–Crippen MR) is 74.0 cm³/mol. The fraction of sp³-hybridized carbons (Fsp3) is 0.571. The molecule has 0 aromatic heterocycles. The van der Waals surface area contributed by atoms with Crippen LogP contribution in [0.25, 0.3) is 0 Å². The molecule has 2 rings (SSSR count). The standard InChI is InChI=1S/C13H17ClFN.CH4O/c14-13-3-1-11(2-4-13)12-5-8-16(9-6-12)10-7-15;1-2/h1-4,12H,5-10H2;2H,1H3. The second-order valence-corrected chi connectivity index (χ2v) is 4.79. The van der Waals surface area contributed by atoms with Crippen LogP contribution in [0.5, 0.6) is 0 Å². The molecule has 1 fully saturated rings. The van der Waals surface area contributed by atoms with Crippen LogP contribution in [0.15, 0.2) is 24.3 Å². The molecular weight excluding hydrogens is 253 g/mol. The summed E-state index contributed by atoms with van der Waals surface area (Å²) >= 11 is 5.87. The van der Waals surface area contributed by atoms with E-state index in [1.54, 1.807) is 0 Å². The van der Waals surface area contributed by atoms with Gasteiger partial charge in [0, 0.05) is 18.7 Å². The third-order valence-corrected chi connectivity index (χ3v) is 3.58. The van der Waals surface area contributed by atoms with Gasteiger partial charge in [-0.05, 0) is 49.5 Å². The van der Waals surface area contributed by atoms with Gasteiger partial charge in [-0.25, -0.2) is 4.39 Å². The van der Waals surface area contributed by atoms with E-state index >= 15 is 0 Å². The van der Waals surface area contributed by atoms with Crippen molar-refractivity contribution in [2.24, 2.45) is 0 Å². The van der Waals surface area contributed by atoms with Gasteiger partial charge in [0.05, 0.1) is 0 Å². The third-order valence-electron chi connectivity index (χ3n) is 3.33. The highest BCUT2D eigenvalue weighted by molar-refractivity contribution is 6.30. The van der Waals surface area contributed by atoms with Crippen LogP contribution < -0.4 is 0 Å². The number of aliphatic hydroxyl groups excluding tert-OH is 1. The Balaban J connectivity index is 0.000000771. The average Bonchev–Trinajstić information content (AvgIpc) is 2.43. The van der Waals surface area contributed by atoms with E-state index in [0.717, 1.165) is 38.1 Å². The van der Waals surface area contributed by atoms with Gasteiger partial charge in [0.2, 0.25) is 0 Å². The summed E-state index contributed by atoms with van der Waals surface area (Å²) < 4.78 is 12.2. The van der Waals surface area contributed by atoms with Gasteiger partial charge in [-0.1, -0.05) is 23.7 Å². The maximum Gasteiger partial charge on any atom is 0.102 e. The Labute approximate surface area is 113 Å². The zero-order valence-corrected chi connectivity index (χ0v) is 11.5. The van der Waals surface area contributed by atoms with Crippen LogP contribution in [-0.2, 0) is 0 Å². The molecule has 0 radical (unpaired) electrons. The molecule has 0 amide bonds. The molecule has 1 aliphatic rings. The Kier molecular flexibility index (Phi) is 7.25. The number of nitrogens with zero attached hydrogens (tertiary/aromatic N) is 1. The Morgan fingerprint density at radius 3 is 2.28 bits per heavy atom. The first-order valence-corrected chi connectivity index (χ1v) is 6.66. The van der Waals surface area contributed by atoms with Gasteiger partial charge < -0.3 is 10.0 Å². The summed E-state index contributed by atoms with van der Waals surface area (Å²) in [6.45, 7) is 2.38. The summed E-state index contributed by atoms with van der Waals surface area (Å²) in [6.07, 6.45) is 2.25. The van der Waals surface area contributed by atoms with E-state index in [4.69, 9.17) is 16.7 Å². The lowest BCUT2D eigenvalue weighted by atomic mass is 9.89. The van der Waals surface area contributed by atoms with Gasteiger partial charge in [0.15, 0.2) is 0 Å². The fourth-order valence-corrected chi connectivity index (χ4v) is 2.47. The summed E-state index contributed by atoms with van der Waals surface area (Å²) in [4.78, 5) is 2.20. The molecule has 1 aromatic carbocycles. The number of aliphatic hydroxyl groups is 1. The molecule has 1 aliphatic heterocycles. The fourth-order valence-electron chi connectivity index (χ4n) is 2.34. The van der Waals surface area contributed by atoms with Crippen molar-refractivity contribution >= 4 is 11.6 Å². The maximum absolute atomic E-state index is 12.2. The SMILES string of the molecule is CO.FCCN1CCC(c2ccc(Cl)cc2)CC1. The van der Waals surface area contributed by atoms with Crippen molar-refractivity contribution in [2.45, 2.75) is 18.8 Å². The van der Waals surface area contributed by atoms with Gasteiger partial charge >= 0.3 is 0 Å². The summed E-state index contributed by atoms with van der Waals surface area (Å²) in [5.41, 5.74) is 1.37. The molecule has 0 saturated carbocycles. The summed E-state index contributed by atoms with van der Waals surface area (Å²) in [5.74, 6) is 0.619. The zero-order valence-electron chi connectivity index (χ0n) is 10.8. The van der Waals surface area contributed by atoms with Crippen LogP contribution in [-0.4, -0.2) is 43.4 Å². The lowest BCUT2D eigenvalue weighted by Crippen LogP contribution is -2.34. The Hall–Kier alpha value is -0.640. The molecule has 0 unspecified atom stereocenters. The van der Waals surface area contributed by atoms with Crippen molar-refractivity contribution in [1.29, 1.82) is 0 Å². The molecule has 18 heavy (non-hydrogen) atoms. The van der Waals surface area contributed by atoms with Crippen molar-refractivity contribution in [1.82, 2.24) is 4.90 Å². The quantitative estimate of drug-likeness (QED) is 0.915. The van der Waals surface area contributed by atoms with E-state index in [1.165, 1.54) is 5.56 Å². The number of alkyl halides is 1. The number of hydrogen-bond acceptors (Lipinski definition) is 2. The number of piperidine rings is 1. The minimum Gasteiger partial charge on any atom is -0.400 e. The van der Waals surface area contributed by atoms with Crippen LogP contribution in [0.1, 0.15) is 24.3 Å². The molecule has 2 nitrogen and oxygen atoms in total. The van der Waals surface area contributed by atoms with Gasteiger partial charge in [0.1, 0.15) is 6.67 Å². The zero-order chi connectivity index (χ0) is 13.4. The van der Waals surface area contributed by atoms with E-state index in [-0.39, 0.29) is 6.67 Å². The van der Waals surface area contributed by atoms with Crippen molar-refractivity contribution in [2.75, 3.05) is 33.4 Å². The van der Waals surface area contributed by atoms with E-state index in [0.29, 0.717) is 12.5 Å². The summed E-state index contributed by atoms with van der Waals surface area (Å²) in [5, 5.41) is 7.79. The summed E-state index contributed by atoms with van der Waals surface area (Å²) in [7, 11) is 1.00. The van der Waals surface area contributed by atoms with Crippen molar-refractivity contribution in [3.8, 4) is 0 Å². The lowest BCUT2D eigenvalue weighted by Gasteiger charge is -2.31. The van der Waals surface area contributed by atoms with E-state index in [9.17, 15) is 4.39 Å². The topological polar surface area (TPSA) is 23.5 Å². The van der Waals surface area contributed by atoms with E-state index < -0.39 is 0 Å². The number of benzene rings is 1. The first-order chi connectivity index (χ1) is 8.79. The largest absolute Gasteiger partial charge is 0.400 e. The first kappa shape index (κ1) is 15.4. The molecule has 102 valence electrons. The van der Waals surface area contributed by atoms with Crippen LogP contribution in [0, 0.1) is 0 Å². The smallest absolute Gasteiger partial charge is 0.102 e. The average molecular weight is 274 g/mol. The van der Waals surface area contributed by atoms with Crippen LogP contribution in [0.2, 0.25) is 5.02 Å². The number of hydrogen-bond donors (Lipinski definition) is 1. The number of halogens is 2. The van der Waals surface area contributed by atoms with Crippen molar-refractivity contribution < 1.29 is 9.50 Å². The number of likely N-dealkylation sites (tertiary alicyclic amines) is 1. The Morgan fingerprint density at radius 1 is 1.22 bits per heavy atom. The van der Waals surface area contributed by atoms with E-state index in [1.807, 2.05) is 12.1 Å². The van der Waals surface area contributed by atoms with Gasteiger partial charge in [0.25, 0.3) is 0 Å². The predicted octanol–water partition coefficient (Wildman–Crippen LogP) is 3.10. The van der Waals surface area contributed by atoms with Crippen LogP contribution in [0.4, 0.5) is 4.39 Å². The monoisotopic (exact) mass is 273 g/mol. The molecular formula is C14H21ClFNO. The third kappa shape index (κ3) is 4.56. The van der Waals surface area contributed by atoms with Crippen LogP contribution in [0.3, 0.4) is 0 Å². The second-order valence-electron chi connectivity index (χ2n) is 4.36.